The predicted octanol–water partition coefficient (Wildman–Crippen LogP) is 3.54. The summed E-state index contributed by atoms with van der Waals surface area (Å²) in [4.78, 5) is 43.7. The Hall–Kier alpha value is -2.29. The fraction of sp³-hybridized carbons (Fsp3) is 0.652. The molecule has 0 radical (unpaired) electrons. The number of esters is 2. The second-order valence-corrected chi connectivity index (χ2v) is 10.6. The van der Waals surface area contributed by atoms with Crippen LogP contribution in [0.4, 0.5) is 4.79 Å². The van der Waals surface area contributed by atoms with E-state index in [1.54, 1.807) is 17.2 Å². The van der Waals surface area contributed by atoms with Crippen molar-refractivity contribution in [3.8, 4) is 0 Å². The summed E-state index contributed by atoms with van der Waals surface area (Å²) in [6, 6.07) is 5.52. The van der Waals surface area contributed by atoms with Gasteiger partial charge in [0.05, 0.1) is 25.2 Å². The highest BCUT2D eigenvalue weighted by Crippen LogP contribution is 2.50. The Balaban J connectivity index is 1.68. The van der Waals surface area contributed by atoms with Crippen LogP contribution in [-0.4, -0.2) is 65.6 Å². The van der Waals surface area contributed by atoms with Crippen molar-refractivity contribution in [3.63, 3.8) is 0 Å². The largest absolute Gasteiger partial charge is 0.469 e. The number of carbonyl (C=O) groups is 3. The summed E-state index contributed by atoms with van der Waals surface area (Å²) in [6.07, 6.45) is 3.10. The van der Waals surface area contributed by atoms with E-state index in [0.717, 1.165) is 6.42 Å². The third-order valence-corrected chi connectivity index (χ3v) is 7.21. The Morgan fingerprint density at radius 1 is 1.19 bits per heavy atom. The van der Waals surface area contributed by atoms with E-state index in [1.165, 1.54) is 26.0 Å². The number of pyridine rings is 1. The van der Waals surface area contributed by atoms with Gasteiger partial charge in [-0.3, -0.25) is 9.59 Å². The van der Waals surface area contributed by atoms with Crippen LogP contribution >= 0.6 is 11.8 Å². The Morgan fingerprint density at radius 2 is 1.91 bits per heavy atom. The van der Waals surface area contributed by atoms with Gasteiger partial charge in [0.2, 0.25) is 0 Å². The number of hydrogen-bond donors (Lipinski definition) is 0. The number of ether oxygens (including phenoxy) is 3. The van der Waals surface area contributed by atoms with Crippen LogP contribution in [0, 0.1) is 17.8 Å². The van der Waals surface area contributed by atoms with Crippen molar-refractivity contribution in [2.75, 3.05) is 20.8 Å². The second-order valence-electron chi connectivity index (χ2n) is 9.35. The zero-order chi connectivity index (χ0) is 23.5. The van der Waals surface area contributed by atoms with Gasteiger partial charge in [0.1, 0.15) is 10.9 Å². The van der Waals surface area contributed by atoms with Gasteiger partial charge in [-0.15, -0.1) is 0 Å². The van der Waals surface area contributed by atoms with Crippen molar-refractivity contribution in [1.29, 1.82) is 0 Å². The van der Waals surface area contributed by atoms with Gasteiger partial charge in [0.25, 0.3) is 0 Å². The summed E-state index contributed by atoms with van der Waals surface area (Å²) in [5.74, 6) is -0.712. The number of methoxy groups -OCH3 is 2. The van der Waals surface area contributed by atoms with E-state index < -0.39 is 22.7 Å². The zero-order valence-corrected chi connectivity index (χ0v) is 20.1. The van der Waals surface area contributed by atoms with Gasteiger partial charge in [-0.05, 0) is 64.0 Å². The molecule has 0 spiro atoms. The number of hydrogen-bond acceptors (Lipinski definition) is 8. The van der Waals surface area contributed by atoms with Crippen molar-refractivity contribution >= 4 is 29.8 Å². The van der Waals surface area contributed by atoms with Crippen LogP contribution in [0.5, 0.6) is 0 Å². The Bertz CT molecular complexity index is 828. The maximum atomic E-state index is 12.6. The summed E-state index contributed by atoms with van der Waals surface area (Å²) in [5.41, 5.74) is -0.551. The average Bonchev–Trinajstić information content (AvgIpc) is 3.34. The SMILES string of the molecule is COC(=O)C(CC(Sc1ccccn1)C(=O)OC)C[C@H]1[C@@H]2C[C@H]1N(C(=O)OC(C)(C)C)C2. The predicted molar refractivity (Wildman–Crippen MR) is 119 cm³/mol. The molecule has 2 bridgehead atoms. The molecule has 9 heteroatoms. The third-order valence-electron chi connectivity index (χ3n) is 6.06. The molecule has 8 nitrogen and oxygen atoms in total. The fourth-order valence-electron chi connectivity index (χ4n) is 4.54. The molecule has 1 aliphatic carbocycles. The molecule has 2 saturated heterocycles. The Morgan fingerprint density at radius 3 is 2.50 bits per heavy atom. The number of aromatic nitrogens is 1. The molecule has 0 aromatic carbocycles. The number of rotatable bonds is 8. The highest BCUT2D eigenvalue weighted by molar-refractivity contribution is 8.00. The summed E-state index contributed by atoms with van der Waals surface area (Å²) in [5, 5.41) is 0.102. The van der Waals surface area contributed by atoms with E-state index >= 15 is 0 Å². The zero-order valence-electron chi connectivity index (χ0n) is 19.3. The average molecular weight is 465 g/mol. The number of fused-ring (bicyclic) bond motifs is 1. The molecule has 1 amide bonds. The molecule has 3 heterocycles. The third kappa shape index (κ3) is 5.74. The molecule has 3 aliphatic rings. The molecule has 1 aromatic heterocycles. The van der Waals surface area contributed by atoms with E-state index in [-0.39, 0.29) is 30.4 Å². The van der Waals surface area contributed by atoms with Crippen molar-refractivity contribution < 1.29 is 28.6 Å². The first kappa shape index (κ1) is 24.4. The fourth-order valence-corrected chi connectivity index (χ4v) is 5.63. The number of carbonyl (C=O) groups excluding carboxylic acids is 3. The van der Waals surface area contributed by atoms with Crippen LogP contribution < -0.4 is 0 Å². The number of thioether (sulfide) groups is 1. The molecule has 2 aliphatic heterocycles. The first-order valence-corrected chi connectivity index (χ1v) is 11.7. The van der Waals surface area contributed by atoms with Crippen molar-refractivity contribution in [2.24, 2.45) is 17.8 Å². The first-order valence-electron chi connectivity index (χ1n) is 10.9. The van der Waals surface area contributed by atoms with Gasteiger partial charge in [0, 0.05) is 18.8 Å². The van der Waals surface area contributed by atoms with Gasteiger partial charge in [-0.1, -0.05) is 17.8 Å². The summed E-state index contributed by atoms with van der Waals surface area (Å²) in [6.45, 7) is 6.19. The highest BCUT2D eigenvalue weighted by Gasteiger charge is 2.55. The molecular formula is C23H32N2O6S. The molecule has 0 N–H and O–H groups in total. The minimum atomic E-state index is -0.585. The lowest BCUT2D eigenvalue weighted by atomic mass is 9.69. The second kappa shape index (κ2) is 10.1. The maximum absolute atomic E-state index is 12.6. The van der Waals surface area contributed by atoms with E-state index in [0.29, 0.717) is 23.9 Å². The summed E-state index contributed by atoms with van der Waals surface area (Å²) < 4.78 is 15.6. The summed E-state index contributed by atoms with van der Waals surface area (Å²) in [7, 11) is 2.70. The molecule has 1 saturated carbocycles. The van der Waals surface area contributed by atoms with E-state index in [9.17, 15) is 14.4 Å². The highest BCUT2D eigenvalue weighted by atomic mass is 32.2. The van der Waals surface area contributed by atoms with Gasteiger partial charge < -0.3 is 19.1 Å². The van der Waals surface area contributed by atoms with E-state index in [4.69, 9.17) is 14.2 Å². The number of amides is 1. The van der Waals surface area contributed by atoms with Crippen LogP contribution in [0.1, 0.15) is 40.0 Å². The van der Waals surface area contributed by atoms with E-state index in [2.05, 4.69) is 4.98 Å². The number of nitrogens with zero attached hydrogens (tertiary/aromatic N) is 2. The van der Waals surface area contributed by atoms with E-state index in [1.807, 2.05) is 32.9 Å². The smallest absolute Gasteiger partial charge is 0.410 e. The minimum absolute atomic E-state index is 0.0574. The molecule has 5 atom stereocenters. The van der Waals surface area contributed by atoms with Crippen LogP contribution in [0.3, 0.4) is 0 Å². The topological polar surface area (TPSA) is 95.0 Å². The van der Waals surface area contributed by atoms with Crippen LogP contribution in [0.2, 0.25) is 0 Å². The molecule has 4 rings (SSSR count). The normalized spacial score (nSPS) is 23.7. The molecule has 3 fully saturated rings. The lowest BCUT2D eigenvalue weighted by molar-refractivity contribution is -0.147. The van der Waals surface area contributed by atoms with Gasteiger partial charge >= 0.3 is 18.0 Å². The monoisotopic (exact) mass is 464 g/mol. The molecular weight excluding hydrogens is 432 g/mol. The lowest BCUT2D eigenvalue weighted by Gasteiger charge is -2.38. The van der Waals surface area contributed by atoms with Gasteiger partial charge in [-0.25, -0.2) is 9.78 Å². The maximum Gasteiger partial charge on any atom is 0.410 e. The molecule has 32 heavy (non-hydrogen) atoms. The van der Waals surface area contributed by atoms with Crippen LogP contribution in [0.25, 0.3) is 0 Å². The van der Waals surface area contributed by atoms with Crippen molar-refractivity contribution in [2.45, 2.75) is 62.0 Å². The Labute approximate surface area is 193 Å². The van der Waals surface area contributed by atoms with Crippen LogP contribution in [-0.2, 0) is 23.8 Å². The van der Waals surface area contributed by atoms with Gasteiger partial charge in [-0.2, -0.15) is 0 Å². The molecule has 2 unspecified atom stereocenters. The standard InChI is InChI=1S/C23H32N2O6S/c1-23(2,3)31-22(28)25-13-15-11-17(25)16(15)10-14(20(26)29-4)12-18(21(27)30-5)32-19-8-6-7-9-24-19/h6-9,14-18H,10-13H2,1-5H3/t14?,15-,16+,17-,18?/m1/s1. The summed E-state index contributed by atoms with van der Waals surface area (Å²) >= 11 is 1.28. The quantitative estimate of drug-likeness (QED) is 0.328. The van der Waals surface area contributed by atoms with Crippen LogP contribution in [0.15, 0.2) is 29.4 Å². The van der Waals surface area contributed by atoms with Gasteiger partial charge in [0.15, 0.2) is 0 Å². The first-order chi connectivity index (χ1) is 15.1. The lowest BCUT2D eigenvalue weighted by Crippen LogP contribution is -2.44. The molecule has 1 aromatic rings. The Kier molecular flexibility index (Phi) is 7.69. The van der Waals surface area contributed by atoms with Crippen molar-refractivity contribution in [3.05, 3.63) is 24.4 Å². The minimum Gasteiger partial charge on any atom is -0.469 e. The van der Waals surface area contributed by atoms with Crippen molar-refractivity contribution in [1.82, 2.24) is 9.88 Å². The molecule has 176 valence electrons.